The number of aldehydes is 1. The van der Waals surface area contributed by atoms with Crippen molar-refractivity contribution in [2.45, 2.75) is 20.3 Å². The van der Waals surface area contributed by atoms with Crippen molar-refractivity contribution in [1.29, 1.82) is 0 Å². The summed E-state index contributed by atoms with van der Waals surface area (Å²) in [5.74, 6) is 0.374. The van der Waals surface area contributed by atoms with E-state index < -0.39 is 0 Å². The molecule has 0 aromatic carbocycles. The molecule has 2 heterocycles. The van der Waals surface area contributed by atoms with E-state index in [4.69, 9.17) is 4.74 Å². The molecular weight excluding hydrogens is 256 g/mol. The maximum Gasteiger partial charge on any atom is 0.310 e. The van der Waals surface area contributed by atoms with E-state index in [1.165, 1.54) is 7.11 Å². The number of nitrogens with zero attached hydrogens (tertiary/aromatic N) is 1. The van der Waals surface area contributed by atoms with E-state index in [1.54, 1.807) is 0 Å². The maximum absolute atomic E-state index is 11.4. The molecule has 0 aromatic heterocycles. The number of hydrogen-bond acceptors (Lipinski definition) is 5. The van der Waals surface area contributed by atoms with Crippen LogP contribution in [0, 0.1) is 22.7 Å². The van der Waals surface area contributed by atoms with Gasteiger partial charge in [0.1, 0.15) is 6.29 Å². The van der Waals surface area contributed by atoms with Crippen molar-refractivity contribution >= 4 is 12.3 Å². The minimum absolute atomic E-state index is 0.0573. The van der Waals surface area contributed by atoms with Crippen molar-refractivity contribution in [2.24, 2.45) is 22.7 Å². The SMILES string of the molecule is CC1(C)CC1C=O.COC(=O)[C@@H]1CNCC12CN(C)C2. The van der Waals surface area contributed by atoms with E-state index in [0.717, 1.165) is 38.9 Å². The second-order valence-electron chi connectivity index (χ2n) is 7.18. The van der Waals surface area contributed by atoms with E-state index in [2.05, 4.69) is 31.1 Å². The van der Waals surface area contributed by atoms with Crippen LogP contribution in [0.3, 0.4) is 0 Å². The number of nitrogens with one attached hydrogen (secondary N) is 1. The topological polar surface area (TPSA) is 58.6 Å². The number of likely N-dealkylation sites (tertiary alicyclic amines) is 1. The molecule has 0 bridgehead atoms. The second kappa shape index (κ2) is 5.45. The zero-order valence-corrected chi connectivity index (χ0v) is 12.9. The van der Waals surface area contributed by atoms with Gasteiger partial charge < -0.3 is 19.7 Å². The van der Waals surface area contributed by atoms with Gasteiger partial charge in [0.05, 0.1) is 13.0 Å². The monoisotopic (exact) mass is 282 g/mol. The summed E-state index contributed by atoms with van der Waals surface area (Å²) in [4.78, 5) is 23.7. The Morgan fingerprint density at radius 3 is 2.35 bits per heavy atom. The molecule has 114 valence electrons. The van der Waals surface area contributed by atoms with Crippen LogP contribution in [0.2, 0.25) is 0 Å². The Bertz CT molecular complexity index is 389. The fourth-order valence-corrected chi connectivity index (χ4v) is 3.38. The van der Waals surface area contributed by atoms with Crippen LogP contribution in [0.4, 0.5) is 0 Å². The third kappa shape index (κ3) is 2.88. The van der Waals surface area contributed by atoms with Crippen molar-refractivity contribution < 1.29 is 14.3 Å². The molecule has 1 N–H and O–H groups in total. The van der Waals surface area contributed by atoms with Crippen molar-refractivity contribution in [3.63, 3.8) is 0 Å². The Labute approximate surface area is 121 Å². The third-order valence-electron chi connectivity index (χ3n) is 4.97. The van der Waals surface area contributed by atoms with E-state index >= 15 is 0 Å². The van der Waals surface area contributed by atoms with E-state index in [1.807, 2.05) is 0 Å². The third-order valence-corrected chi connectivity index (χ3v) is 4.97. The zero-order valence-electron chi connectivity index (χ0n) is 12.9. The summed E-state index contributed by atoms with van der Waals surface area (Å²) in [7, 11) is 3.55. The molecule has 5 heteroatoms. The molecule has 20 heavy (non-hydrogen) atoms. The van der Waals surface area contributed by atoms with Gasteiger partial charge in [-0.05, 0) is 18.9 Å². The molecular formula is C15H26N2O3. The quantitative estimate of drug-likeness (QED) is 0.592. The van der Waals surface area contributed by atoms with Gasteiger partial charge in [0, 0.05) is 37.5 Å². The van der Waals surface area contributed by atoms with Crippen LogP contribution in [0.15, 0.2) is 0 Å². The van der Waals surface area contributed by atoms with Crippen LogP contribution < -0.4 is 5.32 Å². The lowest BCUT2D eigenvalue weighted by Gasteiger charge is -2.48. The van der Waals surface area contributed by atoms with E-state index in [0.29, 0.717) is 11.3 Å². The average Bonchev–Trinajstić information content (AvgIpc) is 2.79. The first-order valence-corrected chi connectivity index (χ1v) is 7.27. The number of esters is 1. The number of carbonyl (C=O) groups excluding carboxylic acids is 2. The zero-order chi connectivity index (χ0) is 15.0. The first kappa shape index (κ1) is 15.4. The van der Waals surface area contributed by atoms with Crippen molar-refractivity contribution in [3.8, 4) is 0 Å². The number of hydrogen-bond donors (Lipinski definition) is 1. The number of methoxy groups -OCH3 is 1. The van der Waals surface area contributed by atoms with E-state index in [-0.39, 0.29) is 17.3 Å². The molecule has 2 aliphatic heterocycles. The predicted octanol–water partition coefficient (Wildman–Crippen LogP) is 0.542. The highest BCUT2D eigenvalue weighted by Crippen LogP contribution is 2.49. The Morgan fingerprint density at radius 2 is 2.00 bits per heavy atom. The van der Waals surface area contributed by atoms with Gasteiger partial charge in [-0.15, -0.1) is 0 Å². The molecule has 5 nitrogen and oxygen atoms in total. The summed E-state index contributed by atoms with van der Waals surface area (Å²) >= 11 is 0. The maximum atomic E-state index is 11.4. The highest BCUT2D eigenvalue weighted by atomic mass is 16.5. The van der Waals surface area contributed by atoms with Gasteiger partial charge >= 0.3 is 5.97 Å². The van der Waals surface area contributed by atoms with Gasteiger partial charge in [0.15, 0.2) is 0 Å². The molecule has 0 aromatic rings. The highest BCUT2D eigenvalue weighted by molar-refractivity contribution is 5.74. The van der Waals surface area contributed by atoms with Gasteiger partial charge in [0.25, 0.3) is 0 Å². The van der Waals surface area contributed by atoms with Crippen molar-refractivity contribution in [2.75, 3.05) is 40.3 Å². The minimum Gasteiger partial charge on any atom is -0.469 e. The van der Waals surface area contributed by atoms with Gasteiger partial charge in [-0.3, -0.25) is 4.79 Å². The molecule has 3 fully saturated rings. The molecule has 1 unspecified atom stereocenters. The van der Waals surface area contributed by atoms with Crippen LogP contribution >= 0.6 is 0 Å². The minimum atomic E-state index is -0.0573. The highest BCUT2D eigenvalue weighted by Gasteiger charge is 2.53. The second-order valence-corrected chi connectivity index (χ2v) is 7.18. The summed E-state index contributed by atoms with van der Waals surface area (Å²) in [6.45, 7) is 8.00. The van der Waals surface area contributed by atoms with E-state index in [9.17, 15) is 9.59 Å². The molecule has 0 amide bonds. The van der Waals surface area contributed by atoms with Crippen LogP contribution in [0.5, 0.6) is 0 Å². The Morgan fingerprint density at radius 1 is 1.40 bits per heavy atom. The summed E-state index contributed by atoms with van der Waals surface area (Å²) in [6.07, 6.45) is 2.15. The van der Waals surface area contributed by atoms with Crippen LogP contribution in [0.1, 0.15) is 20.3 Å². The first-order valence-electron chi connectivity index (χ1n) is 7.27. The Kier molecular flexibility index (Phi) is 4.21. The molecule has 1 aliphatic carbocycles. The summed E-state index contributed by atoms with van der Waals surface area (Å²) in [5.41, 5.74) is 0.517. The number of carbonyl (C=O) groups is 2. The summed E-state index contributed by atoms with van der Waals surface area (Å²) in [5, 5.41) is 3.27. The Balaban J connectivity index is 0.000000178. The lowest BCUT2D eigenvalue weighted by atomic mass is 9.72. The Hall–Kier alpha value is -0.940. The molecule has 2 saturated heterocycles. The van der Waals surface area contributed by atoms with Crippen LogP contribution in [-0.4, -0.2) is 57.5 Å². The standard InChI is InChI=1S/C9H16N2O2.C6H10O/c1-11-5-9(6-11)4-10-3-7(9)8(12)13-2;1-6(2)3-5(6)4-7/h7,10H,3-6H2,1-2H3;4-5H,3H2,1-2H3/t7-;/m0./s1. The fourth-order valence-electron chi connectivity index (χ4n) is 3.38. The summed E-state index contributed by atoms with van der Waals surface area (Å²) < 4.78 is 4.80. The lowest BCUT2D eigenvalue weighted by molar-refractivity contribution is -0.152. The molecule has 2 atom stereocenters. The average molecular weight is 282 g/mol. The smallest absolute Gasteiger partial charge is 0.310 e. The summed E-state index contributed by atoms with van der Waals surface area (Å²) in [6, 6.07) is 0. The van der Waals surface area contributed by atoms with Crippen LogP contribution in [-0.2, 0) is 14.3 Å². The predicted molar refractivity (Wildman–Crippen MR) is 76.3 cm³/mol. The molecule has 3 rings (SSSR count). The van der Waals surface area contributed by atoms with Gasteiger partial charge in [-0.2, -0.15) is 0 Å². The van der Waals surface area contributed by atoms with Crippen molar-refractivity contribution in [1.82, 2.24) is 10.2 Å². The lowest BCUT2D eigenvalue weighted by Crippen LogP contribution is -2.60. The molecule has 1 saturated carbocycles. The number of rotatable bonds is 2. The van der Waals surface area contributed by atoms with Gasteiger partial charge in [-0.25, -0.2) is 0 Å². The largest absolute Gasteiger partial charge is 0.469 e. The van der Waals surface area contributed by atoms with Crippen LogP contribution in [0.25, 0.3) is 0 Å². The number of ether oxygens (including phenoxy) is 1. The molecule has 0 radical (unpaired) electrons. The van der Waals surface area contributed by atoms with Gasteiger partial charge in [-0.1, -0.05) is 13.8 Å². The first-order chi connectivity index (χ1) is 9.34. The van der Waals surface area contributed by atoms with Crippen molar-refractivity contribution in [3.05, 3.63) is 0 Å². The van der Waals surface area contributed by atoms with Gasteiger partial charge in [0.2, 0.25) is 0 Å². The molecule has 3 aliphatic rings. The normalized spacial score (nSPS) is 32.8. The molecule has 1 spiro atoms. The fraction of sp³-hybridized carbons (Fsp3) is 0.867.